The molecule has 44 heavy (non-hydrogen) atoms. The summed E-state index contributed by atoms with van der Waals surface area (Å²) < 4.78 is 5.71. The van der Waals surface area contributed by atoms with Crippen molar-refractivity contribution in [3.8, 4) is 0 Å². The summed E-state index contributed by atoms with van der Waals surface area (Å²) >= 11 is 0. The summed E-state index contributed by atoms with van der Waals surface area (Å²) in [7, 11) is 0. The van der Waals surface area contributed by atoms with Crippen molar-refractivity contribution < 1.29 is 24.2 Å². The van der Waals surface area contributed by atoms with Gasteiger partial charge in [-0.3, -0.25) is 14.4 Å². The van der Waals surface area contributed by atoms with Gasteiger partial charge in [0.25, 0.3) is 0 Å². The number of allylic oxidation sites excluding steroid dienone is 14. The molecule has 0 bridgehead atoms. The van der Waals surface area contributed by atoms with Crippen LogP contribution in [-0.4, -0.2) is 35.6 Å². The highest BCUT2D eigenvalue weighted by Gasteiger charge is 2.08. The fourth-order valence-corrected chi connectivity index (χ4v) is 3.86. The molecule has 0 rings (SSSR count). The highest BCUT2D eigenvalue weighted by molar-refractivity contribution is 5.80. The lowest BCUT2D eigenvalue weighted by molar-refractivity contribution is -0.145. The van der Waals surface area contributed by atoms with E-state index in [4.69, 9.17) is 9.84 Å². The number of carboxylic acids is 1. The molecule has 0 heterocycles. The van der Waals surface area contributed by atoms with Gasteiger partial charge in [-0.05, 0) is 89.2 Å². The summed E-state index contributed by atoms with van der Waals surface area (Å²) in [6.07, 6.45) is 45.7. The Hall–Kier alpha value is -3.67. The van der Waals surface area contributed by atoms with Crippen molar-refractivity contribution in [3.05, 3.63) is 97.2 Å². The topological polar surface area (TPSA) is 92.7 Å². The van der Waals surface area contributed by atoms with Crippen molar-refractivity contribution in [1.29, 1.82) is 0 Å². The summed E-state index contributed by atoms with van der Waals surface area (Å²) in [5.74, 6) is -1.48. The monoisotopic (exact) mass is 607 g/mol. The standard InChI is InChI=1S/C38H57NO5/c1-3-5-7-9-10-11-12-13-14-15-16-17-18-19-20-25-29-33-38(43)44-35(30-26-22-8-6-4-2)31-27-23-21-24-28-32-36(40)39-34-37(41)42/h5-8,10-11,13-14,16-17,19-20,26-27,30-31,35H,3-4,9,12,15,18,21-25,28-29,32-34H2,1-2H3,(H,39,40)(H,41,42)/b7-5-,8-6-,11-10-,14-13-,17-16-,20-19-,30-26-,31-27-. The molecule has 0 radical (unpaired) electrons. The van der Waals surface area contributed by atoms with Crippen LogP contribution in [0.5, 0.6) is 0 Å². The van der Waals surface area contributed by atoms with Crippen molar-refractivity contribution in [2.75, 3.05) is 6.54 Å². The molecule has 6 heteroatoms. The number of ether oxygens (including phenoxy) is 1. The van der Waals surface area contributed by atoms with E-state index < -0.39 is 12.1 Å². The summed E-state index contributed by atoms with van der Waals surface area (Å²) in [5.41, 5.74) is 0. The minimum atomic E-state index is -1.04. The number of nitrogens with one attached hydrogen (secondary N) is 1. The smallest absolute Gasteiger partial charge is 0.322 e. The summed E-state index contributed by atoms with van der Waals surface area (Å²) in [6, 6.07) is 0. The van der Waals surface area contributed by atoms with Gasteiger partial charge in [-0.15, -0.1) is 0 Å². The molecule has 0 fully saturated rings. The van der Waals surface area contributed by atoms with Crippen LogP contribution in [0.3, 0.4) is 0 Å². The molecule has 2 N–H and O–H groups in total. The zero-order valence-electron chi connectivity index (χ0n) is 27.2. The predicted octanol–water partition coefficient (Wildman–Crippen LogP) is 9.44. The average Bonchev–Trinajstić information content (AvgIpc) is 3.00. The van der Waals surface area contributed by atoms with Gasteiger partial charge in [-0.2, -0.15) is 0 Å². The highest BCUT2D eigenvalue weighted by Crippen LogP contribution is 2.09. The number of amides is 1. The maximum Gasteiger partial charge on any atom is 0.322 e. The van der Waals surface area contributed by atoms with Crippen molar-refractivity contribution in [1.82, 2.24) is 5.32 Å². The van der Waals surface area contributed by atoms with Crippen molar-refractivity contribution >= 4 is 17.8 Å². The Kier molecular flexibility index (Phi) is 29.6. The van der Waals surface area contributed by atoms with E-state index in [0.717, 1.165) is 77.0 Å². The average molecular weight is 608 g/mol. The number of unbranched alkanes of at least 4 members (excludes halogenated alkanes) is 4. The molecule has 1 atom stereocenters. The predicted molar refractivity (Wildman–Crippen MR) is 184 cm³/mol. The van der Waals surface area contributed by atoms with Crippen LogP contribution in [0.4, 0.5) is 0 Å². The zero-order chi connectivity index (χ0) is 32.4. The minimum Gasteiger partial charge on any atom is -0.480 e. The van der Waals surface area contributed by atoms with Crippen LogP contribution in [-0.2, 0) is 19.1 Å². The molecule has 1 amide bonds. The van der Waals surface area contributed by atoms with E-state index in [1.165, 1.54) is 0 Å². The molecule has 0 aliphatic heterocycles. The molecule has 0 aromatic heterocycles. The third-order valence-corrected chi connectivity index (χ3v) is 6.21. The molecule has 0 saturated heterocycles. The summed E-state index contributed by atoms with van der Waals surface area (Å²) in [5, 5.41) is 11.0. The number of hydrogen-bond donors (Lipinski definition) is 2. The van der Waals surface area contributed by atoms with Gasteiger partial charge in [0, 0.05) is 12.8 Å². The first kappa shape index (κ1) is 40.3. The molecule has 1 unspecified atom stereocenters. The maximum absolute atomic E-state index is 12.5. The zero-order valence-corrected chi connectivity index (χ0v) is 27.2. The van der Waals surface area contributed by atoms with Gasteiger partial charge in [-0.1, -0.05) is 105 Å². The van der Waals surface area contributed by atoms with Gasteiger partial charge in [0.05, 0.1) is 0 Å². The van der Waals surface area contributed by atoms with Crippen molar-refractivity contribution in [2.24, 2.45) is 0 Å². The van der Waals surface area contributed by atoms with Gasteiger partial charge in [0.2, 0.25) is 5.91 Å². The Morgan fingerprint density at radius 2 is 1.09 bits per heavy atom. The minimum absolute atomic E-state index is 0.201. The van der Waals surface area contributed by atoms with Gasteiger partial charge >= 0.3 is 11.9 Å². The van der Waals surface area contributed by atoms with E-state index in [-0.39, 0.29) is 18.4 Å². The third kappa shape index (κ3) is 31.3. The number of rotatable bonds is 27. The lowest BCUT2D eigenvalue weighted by Crippen LogP contribution is -2.28. The molecule has 0 aromatic rings. The van der Waals surface area contributed by atoms with Crippen LogP contribution in [0.15, 0.2) is 97.2 Å². The van der Waals surface area contributed by atoms with E-state index >= 15 is 0 Å². The second-order valence-corrected chi connectivity index (χ2v) is 10.3. The highest BCUT2D eigenvalue weighted by atomic mass is 16.5. The van der Waals surface area contributed by atoms with Crippen molar-refractivity contribution in [2.45, 2.75) is 116 Å². The second-order valence-electron chi connectivity index (χ2n) is 10.3. The Balaban J connectivity index is 4.27. The van der Waals surface area contributed by atoms with Crippen LogP contribution in [0.1, 0.15) is 110 Å². The Morgan fingerprint density at radius 1 is 0.591 bits per heavy atom. The van der Waals surface area contributed by atoms with E-state index in [9.17, 15) is 14.4 Å². The fraction of sp³-hybridized carbons (Fsp3) is 0.500. The Labute approximate surface area is 267 Å². The Morgan fingerprint density at radius 3 is 1.66 bits per heavy atom. The first-order valence-corrected chi connectivity index (χ1v) is 16.4. The number of carboxylic acid groups (broad SMARTS) is 1. The SMILES string of the molecule is CC/C=C\C/C=C\C/C=C\C/C=C\C/C=C\CCCC(=O)OC(/C=C\C/C=C\CC)/C=C\CCCCCC(=O)NCC(=O)O. The number of esters is 1. The number of carbonyl (C=O) groups excluding carboxylic acids is 2. The van der Waals surface area contributed by atoms with Crippen LogP contribution in [0, 0.1) is 0 Å². The van der Waals surface area contributed by atoms with Gasteiger partial charge < -0.3 is 15.2 Å². The number of aliphatic carboxylic acids is 1. The summed E-state index contributed by atoms with van der Waals surface area (Å²) in [6.45, 7) is 3.90. The molecule has 244 valence electrons. The van der Waals surface area contributed by atoms with E-state index in [2.05, 4.69) is 92.1 Å². The largest absolute Gasteiger partial charge is 0.480 e. The third-order valence-electron chi connectivity index (χ3n) is 6.21. The molecule has 0 aromatic carbocycles. The fourth-order valence-electron chi connectivity index (χ4n) is 3.86. The van der Waals surface area contributed by atoms with Crippen molar-refractivity contribution in [3.63, 3.8) is 0 Å². The van der Waals surface area contributed by atoms with Gasteiger partial charge in [0.1, 0.15) is 12.6 Å². The molecule has 0 spiro atoms. The van der Waals surface area contributed by atoms with E-state index in [1.54, 1.807) is 0 Å². The molecule has 0 aliphatic rings. The maximum atomic E-state index is 12.5. The van der Waals surface area contributed by atoms with E-state index in [0.29, 0.717) is 19.3 Å². The number of carbonyl (C=O) groups is 3. The van der Waals surface area contributed by atoms with Gasteiger partial charge in [-0.25, -0.2) is 0 Å². The van der Waals surface area contributed by atoms with Gasteiger partial charge in [0.15, 0.2) is 0 Å². The van der Waals surface area contributed by atoms with Crippen LogP contribution in [0.25, 0.3) is 0 Å². The van der Waals surface area contributed by atoms with E-state index in [1.807, 2.05) is 24.3 Å². The first-order chi connectivity index (χ1) is 21.5. The molecule has 0 aliphatic carbocycles. The molecule has 6 nitrogen and oxygen atoms in total. The van der Waals surface area contributed by atoms with Crippen LogP contribution < -0.4 is 5.32 Å². The Bertz CT molecular complexity index is 981. The van der Waals surface area contributed by atoms with Crippen LogP contribution in [0.2, 0.25) is 0 Å². The lowest BCUT2D eigenvalue weighted by Gasteiger charge is -2.10. The quantitative estimate of drug-likeness (QED) is 0.0551. The molecule has 0 saturated carbocycles. The number of hydrogen-bond acceptors (Lipinski definition) is 4. The normalized spacial score (nSPS) is 13.3. The van der Waals surface area contributed by atoms with Crippen LogP contribution >= 0.6 is 0 Å². The molecular formula is C38H57NO5. The lowest BCUT2D eigenvalue weighted by atomic mass is 10.1. The summed E-state index contributed by atoms with van der Waals surface area (Å²) in [4.78, 5) is 34.5. The molecular weight excluding hydrogens is 550 g/mol. The first-order valence-electron chi connectivity index (χ1n) is 16.4. The second kappa shape index (κ2) is 32.2.